The van der Waals surface area contributed by atoms with Crippen LogP contribution in [0.5, 0.6) is 5.75 Å². The van der Waals surface area contributed by atoms with Crippen LogP contribution in [0.25, 0.3) is 11.1 Å². The van der Waals surface area contributed by atoms with Crippen molar-refractivity contribution in [2.75, 3.05) is 12.9 Å². The highest BCUT2D eigenvalue weighted by Crippen LogP contribution is 2.29. The second-order valence-electron chi connectivity index (χ2n) is 4.59. The molecule has 5 heteroatoms. The van der Waals surface area contributed by atoms with E-state index in [1.807, 2.05) is 48.5 Å². The summed E-state index contributed by atoms with van der Waals surface area (Å²) in [7, 11) is 0.382. The van der Waals surface area contributed by atoms with Gasteiger partial charge in [-0.25, -0.2) is 0 Å². The molecule has 0 spiro atoms. The van der Waals surface area contributed by atoms with Gasteiger partial charge in [0, 0.05) is 22.1 Å². The first-order chi connectivity index (χ1) is 10.1. The molecule has 0 aromatic heterocycles. The van der Waals surface area contributed by atoms with Gasteiger partial charge in [-0.1, -0.05) is 42.5 Å². The number of rotatable bonds is 6. The van der Waals surface area contributed by atoms with E-state index in [1.54, 1.807) is 7.11 Å². The number of methoxy groups -OCH3 is 1. The SMILES string of the molecule is COc1ccccc1-c1ccc(C[S@@](=O)CC(N)=O)cc1. The predicted molar refractivity (Wildman–Crippen MR) is 84.3 cm³/mol. The van der Waals surface area contributed by atoms with Gasteiger partial charge in [0.1, 0.15) is 11.5 Å². The van der Waals surface area contributed by atoms with E-state index in [-0.39, 0.29) is 5.75 Å². The first kappa shape index (κ1) is 15.3. The Hall–Kier alpha value is -2.14. The number of amides is 1. The molecule has 0 heterocycles. The van der Waals surface area contributed by atoms with Crippen LogP contribution in [0.4, 0.5) is 0 Å². The Morgan fingerprint density at radius 2 is 1.81 bits per heavy atom. The van der Waals surface area contributed by atoms with Gasteiger partial charge in [-0.2, -0.15) is 0 Å². The Balaban J connectivity index is 2.15. The maximum absolute atomic E-state index is 11.7. The van der Waals surface area contributed by atoms with Crippen LogP contribution in [0.1, 0.15) is 5.56 Å². The summed E-state index contributed by atoms with van der Waals surface area (Å²) < 4.78 is 17.0. The van der Waals surface area contributed by atoms with Crippen LogP contribution < -0.4 is 10.5 Å². The minimum Gasteiger partial charge on any atom is -0.496 e. The van der Waals surface area contributed by atoms with Crippen molar-refractivity contribution in [3.8, 4) is 16.9 Å². The summed E-state index contributed by atoms with van der Waals surface area (Å²) in [6.07, 6.45) is 0. The third kappa shape index (κ3) is 4.16. The molecule has 21 heavy (non-hydrogen) atoms. The van der Waals surface area contributed by atoms with Crippen LogP contribution >= 0.6 is 0 Å². The summed E-state index contributed by atoms with van der Waals surface area (Å²) in [6.45, 7) is 0. The topological polar surface area (TPSA) is 69.4 Å². The molecule has 0 unspecified atom stereocenters. The Morgan fingerprint density at radius 1 is 1.14 bits per heavy atom. The van der Waals surface area contributed by atoms with Gasteiger partial charge in [0.15, 0.2) is 0 Å². The molecule has 1 atom stereocenters. The number of hydrogen-bond acceptors (Lipinski definition) is 3. The Morgan fingerprint density at radius 3 is 2.43 bits per heavy atom. The van der Waals surface area contributed by atoms with E-state index in [9.17, 15) is 9.00 Å². The van der Waals surface area contributed by atoms with E-state index in [2.05, 4.69) is 0 Å². The van der Waals surface area contributed by atoms with E-state index in [1.165, 1.54) is 0 Å². The van der Waals surface area contributed by atoms with Crippen molar-refractivity contribution in [1.82, 2.24) is 0 Å². The van der Waals surface area contributed by atoms with Crippen molar-refractivity contribution in [2.45, 2.75) is 5.75 Å². The van der Waals surface area contributed by atoms with E-state index in [0.717, 1.165) is 22.4 Å². The first-order valence-corrected chi connectivity index (χ1v) is 7.94. The lowest BCUT2D eigenvalue weighted by atomic mass is 10.0. The number of carbonyl (C=O) groups is 1. The molecule has 0 saturated heterocycles. The standard InChI is InChI=1S/C16H17NO3S/c1-20-15-5-3-2-4-14(15)13-8-6-12(7-9-13)10-21(19)11-16(17)18/h2-9H,10-11H2,1H3,(H2,17,18)/t21-/m1/s1. The van der Waals surface area contributed by atoms with Crippen molar-refractivity contribution < 1.29 is 13.7 Å². The van der Waals surface area contributed by atoms with E-state index in [4.69, 9.17) is 10.5 Å². The van der Waals surface area contributed by atoms with Crippen molar-refractivity contribution >= 4 is 16.7 Å². The van der Waals surface area contributed by atoms with Crippen molar-refractivity contribution in [3.05, 3.63) is 54.1 Å². The number of benzene rings is 2. The fourth-order valence-corrected chi connectivity index (χ4v) is 3.04. The first-order valence-electron chi connectivity index (χ1n) is 6.46. The van der Waals surface area contributed by atoms with E-state index in [0.29, 0.717) is 5.75 Å². The zero-order valence-electron chi connectivity index (χ0n) is 11.7. The molecule has 2 N–H and O–H groups in total. The summed E-state index contributed by atoms with van der Waals surface area (Å²) in [5, 5.41) is 0. The molecule has 1 amide bonds. The Bertz CT molecular complexity index is 653. The van der Waals surface area contributed by atoms with Crippen LogP contribution in [0, 0.1) is 0 Å². The number of carbonyl (C=O) groups excluding carboxylic acids is 1. The summed E-state index contributed by atoms with van der Waals surface area (Å²) in [6, 6.07) is 15.5. The van der Waals surface area contributed by atoms with Gasteiger partial charge in [0.05, 0.1) is 7.11 Å². The molecule has 0 radical (unpaired) electrons. The molecular formula is C16H17NO3S. The van der Waals surface area contributed by atoms with Gasteiger partial charge in [-0.15, -0.1) is 0 Å². The van der Waals surface area contributed by atoms with Gasteiger partial charge in [0.2, 0.25) is 5.91 Å². The number of ether oxygens (including phenoxy) is 1. The monoisotopic (exact) mass is 303 g/mol. The highest BCUT2D eigenvalue weighted by Gasteiger charge is 2.07. The van der Waals surface area contributed by atoms with Crippen molar-refractivity contribution in [1.29, 1.82) is 0 Å². The quantitative estimate of drug-likeness (QED) is 0.888. The lowest BCUT2D eigenvalue weighted by Gasteiger charge is -2.09. The third-order valence-corrected chi connectivity index (χ3v) is 4.26. The number of hydrogen-bond donors (Lipinski definition) is 1. The number of primary amides is 1. The lowest BCUT2D eigenvalue weighted by Crippen LogP contribution is -2.20. The molecule has 0 fully saturated rings. The summed E-state index contributed by atoms with van der Waals surface area (Å²) in [4.78, 5) is 10.7. The van der Waals surface area contributed by atoms with Crippen LogP contribution in [0.15, 0.2) is 48.5 Å². The summed E-state index contributed by atoms with van der Waals surface area (Å²) >= 11 is 0. The highest BCUT2D eigenvalue weighted by atomic mass is 32.2. The third-order valence-electron chi connectivity index (χ3n) is 3.00. The van der Waals surface area contributed by atoms with Crippen LogP contribution in [0.2, 0.25) is 0 Å². The average Bonchev–Trinajstić information content (AvgIpc) is 2.47. The van der Waals surface area contributed by atoms with E-state index >= 15 is 0 Å². The van der Waals surface area contributed by atoms with Crippen molar-refractivity contribution in [2.24, 2.45) is 5.73 Å². The largest absolute Gasteiger partial charge is 0.496 e. The number of para-hydroxylation sites is 1. The maximum atomic E-state index is 11.7. The molecular weight excluding hydrogens is 286 g/mol. The van der Waals surface area contributed by atoms with Crippen LogP contribution in [0.3, 0.4) is 0 Å². The molecule has 2 rings (SSSR count). The van der Waals surface area contributed by atoms with Gasteiger partial charge < -0.3 is 10.5 Å². The van der Waals surface area contributed by atoms with Gasteiger partial charge in [0.25, 0.3) is 0 Å². The molecule has 0 saturated carbocycles. The fraction of sp³-hybridized carbons (Fsp3) is 0.188. The smallest absolute Gasteiger partial charge is 0.230 e. The van der Waals surface area contributed by atoms with Crippen molar-refractivity contribution in [3.63, 3.8) is 0 Å². The van der Waals surface area contributed by atoms with Gasteiger partial charge in [-0.05, 0) is 17.2 Å². The molecule has 0 bridgehead atoms. The lowest BCUT2D eigenvalue weighted by molar-refractivity contribution is -0.115. The molecule has 0 aliphatic heterocycles. The highest BCUT2D eigenvalue weighted by molar-refractivity contribution is 7.84. The molecule has 0 aliphatic carbocycles. The minimum absolute atomic E-state index is 0.103. The second-order valence-corrected chi connectivity index (χ2v) is 6.05. The maximum Gasteiger partial charge on any atom is 0.230 e. The summed E-state index contributed by atoms with van der Waals surface area (Å²) in [5.41, 5.74) is 7.97. The minimum atomic E-state index is -1.26. The van der Waals surface area contributed by atoms with Gasteiger partial charge >= 0.3 is 0 Å². The Kier molecular flexibility index (Phi) is 5.11. The average molecular weight is 303 g/mol. The summed E-state index contributed by atoms with van der Waals surface area (Å²) in [5.74, 6) is 0.491. The van der Waals surface area contributed by atoms with Gasteiger partial charge in [-0.3, -0.25) is 9.00 Å². The van der Waals surface area contributed by atoms with E-state index < -0.39 is 16.7 Å². The zero-order chi connectivity index (χ0) is 15.2. The molecule has 0 aliphatic rings. The second kappa shape index (κ2) is 7.04. The normalized spacial score (nSPS) is 11.9. The van der Waals surface area contributed by atoms with Crippen LogP contribution in [-0.4, -0.2) is 23.0 Å². The Labute approximate surface area is 126 Å². The molecule has 110 valence electrons. The molecule has 4 nitrogen and oxygen atoms in total. The predicted octanol–water partition coefficient (Wildman–Crippen LogP) is 2.10. The van der Waals surface area contributed by atoms with Crippen LogP contribution in [-0.2, 0) is 21.3 Å². The number of nitrogens with two attached hydrogens (primary N) is 1. The fourth-order valence-electron chi connectivity index (χ4n) is 2.06. The molecule has 2 aromatic rings. The molecule has 2 aromatic carbocycles. The zero-order valence-corrected chi connectivity index (χ0v) is 12.6.